The summed E-state index contributed by atoms with van der Waals surface area (Å²) in [4.78, 5) is 7.28. The lowest BCUT2D eigenvalue weighted by molar-refractivity contribution is 0.613. The molecule has 0 bridgehead atoms. The average molecular weight is 346 g/mol. The molecule has 0 spiro atoms. The van der Waals surface area contributed by atoms with E-state index in [1.54, 1.807) is 11.3 Å². The van der Waals surface area contributed by atoms with E-state index in [0.717, 1.165) is 26.7 Å². The van der Waals surface area contributed by atoms with Crippen molar-refractivity contribution in [2.75, 3.05) is 0 Å². The first-order valence-corrected chi connectivity index (χ1v) is 9.21. The minimum atomic E-state index is -0.152. The molecule has 0 aliphatic heterocycles. The summed E-state index contributed by atoms with van der Waals surface area (Å²) in [6, 6.07) is 17.0. The van der Waals surface area contributed by atoms with E-state index in [-0.39, 0.29) is 5.41 Å². The standard InChI is InChI=1S/C23H23NS/c1-6-17-15-21(25-20(17)7-2)19-13-10-14-22(24-19)23(4,5)18-12-9-8-11-16(18)3/h6-15H,1-2H2,3-5H3. The number of hydrogen-bond acceptors (Lipinski definition) is 2. The van der Waals surface area contributed by atoms with Gasteiger partial charge >= 0.3 is 0 Å². The van der Waals surface area contributed by atoms with E-state index in [9.17, 15) is 0 Å². The second-order valence-electron chi connectivity index (χ2n) is 6.69. The van der Waals surface area contributed by atoms with Crippen LogP contribution in [0.3, 0.4) is 0 Å². The molecule has 0 aliphatic carbocycles. The van der Waals surface area contributed by atoms with Crippen molar-refractivity contribution in [3.8, 4) is 10.6 Å². The van der Waals surface area contributed by atoms with Crippen LogP contribution in [-0.2, 0) is 5.41 Å². The van der Waals surface area contributed by atoms with Crippen LogP contribution in [0, 0.1) is 6.92 Å². The van der Waals surface area contributed by atoms with Gasteiger partial charge in [-0.15, -0.1) is 11.3 Å². The summed E-state index contributed by atoms with van der Waals surface area (Å²) in [6.07, 6.45) is 3.75. The number of pyridine rings is 1. The van der Waals surface area contributed by atoms with Gasteiger partial charge in [0.1, 0.15) is 0 Å². The predicted octanol–water partition coefficient (Wildman–Crippen LogP) is 6.73. The Bertz CT molecular complexity index is 905. The van der Waals surface area contributed by atoms with Gasteiger partial charge in [-0.05, 0) is 41.8 Å². The zero-order valence-electron chi connectivity index (χ0n) is 15.0. The van der Waals surface area contributed by atoms with Gasteiger partial charge < -0.3 is 0 Å². The van der Waals surface area contributed by atoms with E-state index in [4.69, 9.17) is 4.98 Å². The van der Waals surface area contributed by atoms with E-state index in [0.29, 0.717) is 0 Å². The Morgan fingerprint density at radius 1 is 1.00 bits per heavy atom. The quantitative estimate of drug-likeness (QED) is 0.499. The van der Waals surface area contributed by atoms with Crippen LogP contribution in [0.5, 0.6) is 0 Å². The van der Waals surface area contributed by atoms with Crippen molar-refractivity contribution >= 4 is 23.5 Å². The average Bonchev–Trinajstić information content (AvgIpc) is 3.05. The number of aryl methyl sites for hydroxylation is 1. The molecule has 2 heteroatoms. The highest BCUT2D eigenvalue weighted by Crippen LogP contribution is 2.36. The number of benzene rings is 1. The van der Waals surface area contributed by atoms with E-state index in [1.165, 1.54) is 11.1 Å². The van der Waals surface area contributed by atoms with Gasteiger partial charge in [-0.2, -0.15) is 0 Å². The SMILES string of the molecule is C=Cc1cc(-c2cccc(C(C)(C)c3ccccc3C)n2)sc1C=C. The molecule has 0 radical (unpaired) electrons. The van der Waals surface area contributed by atoms with Crippen LogP contribution in [0.2, 0.25) is 0 Å². The first-order chi connectivity index (χ1) is 12.0. The van der Waals surface area contributed by atoms with Crippen molar-refractivity contribution < 1.29 is 0 Å². The molecule has 126 valence electrons. The monoisotopic (exact) mass is 345 g/mol. The van der Waals surface area contributed by atoms with E-state index < -0.39 is 0 Å². The number of rotatable bonds is 5. The Morgan fingerprint density at radius 2 is 1.76 bits per heavy atom. The Kier molecular flexibility index (Phi) is 4.73. The largest absolute Gasteiger partial charge is 0.251 e. The third kappa shape index (κ3) is 3.22. The number of hydrogen-bond donors (Lipinski definition) is 0. The smallest absolute Gasteiger partial charge is 0.0805 e. The van der Waals surface area contributed by atoms with Gasteiger partial charge in [-0.1, -0.05) is 69.5 Å². The minimum absolute atomic E-state index is 0.152. The molecule has 0 aliphatic rings. The maximum absolute atomic E-state index is 5.00. The van der Waals surface area contributed by atoms with E-state index >= 15 is 0 Å². The molecule has 2 heterocycles. The summed E-state index contributed by atoms with van der Waals surface area (Å²) in [5.41, 5.74) is 5.64. The molecule has 0 amide bonds. The molecular weight excluding hydrogens is 322 g/mol. The summed E-state index contributed by atoms with van der Waals surface area (Å²) in [5, 5.41) is 0. The summed E-state index contributed by atoms with van der Waals surface area (Å²) < 4.78 is 0. The van der Waals surface area contributed by atoms with Crippen LogP contribution in [-0.4, -0.2) is 4.98 Å². The number of aromatic nitrogens is 1. The van der Waals surface area contributed by atoms with Gasteiger partial charge in [0, 0.05) is 10.3 Å². The van der Waals surface area contributed by atoms with Gasteiger partial charge in [0.25, 0.3) is 0 Å². The molecular formula is C23H23NS. The zero-order chi connectivity index (χ0) is 18.0. The molecule has 0 N–H and O–H groups in total. The van der Waals surface area contributed by atoms with Crippen LogP contribution < -0.4 is 0 Å². The maximum atomic E-state index is 5.00. The molecule has 0 atom stereocenters. The van der Waals surface area contributed by atoms with Crippen LogP contribution in [0.15, 0.2) is 61.7 Å². The normalized spacial score (nSPS) is 11.3. The van der Waals surface area contributed by atoms with E-state index in [2.05, 4.69) is 82.5 Å². The maximum Gasteiger partial charge on any atom is 0.0805 e. The first-order valence-electron chi connectivity index (χ1n) is 8.40. The van der Waals surface area contributed by atoms with Crippen molar-refractivity contribution in [3.63, 3.8) is 0 Å². The van der Waals surface area contributed by atoms with Crippen LogP contribution in [0.4, 0.5) is 0 Å². The predicted molar refractivity (Wildman–Crippen MR) is 111 cm³/mol. The second-order valence-corrected chi connectivity index (χ2v) is 7.77. The highest BCUT2D eigenvalue weighted by Gasteiger charge is 2.26. The molecule has 1 nitrogen and oxygen atoms in total. The van der Waals surface area contributed by atoms with Gasteiger partial charge in [0.05, 0.1) is 16.3 Å². The fourth-order valence-electron chi connectivity index (χ4n) is 3.20. The Morgan fingerprint density at radius 3 is 2.40 bits per heavy atom. The molecule has 25 heavy (non-hydrogen) atoms. The molecule has 2 aromatic heterocycles. The third-order valence-electron chi connectivity index (χ3n) is 4.66. The fraction of sp³-hybridized carbons (Fsp3) is 0.174. The fourth-order valence-corrected chi connectivity index (χ4v) is 4.18. The molecule has 3 aromatic rings. The van der Waals surface area contributed by atoms with Gasteiger partial charge in [-0.25, -0.2) is 0 Å². The summed E-state index contributed by atoms with van der Waals surface area (Å²) in [5.74, 6) is 0. The highest BCUT2D eigenvalue weighted by atomic mass is 32.1. The van der Waals surface area contributed by atoms with E-state index in [1.807, 2.05) is 12.2 Å². The van der Waals surface area contributed by atoms with Gasteiger partial charge in [0.2, 0.25) is 0 Å². The van der Waals surface area contributed by atoms with Gasteiger partial charge in [0.15, 0.2) is 0 Å². The molecule has 3 rings (SSSR count). The molecule has 0 saturated heterocycles. The third-order valence-corrected chi connectivity index (χ3v) is 5.83. The minimum Gasteiger partial charge on any atom is -0.251 e. The molecule has 1 aromatic carbocycles. The summed E-state index contributed by atoms with van der Waals surface area (Å²) in [7, 11) is 0. The Labute approximate surface area is 154 Å². The molecule has 0 fully saturated rings. The van der Waals surface area contributed by atoms with Crippen molar-refractivity contribution in [2.24, 2.45) is 0 Å². The first kappa shape index (κ1) is 17.4. The van der Waals surface area contributed by atoms with Crippen molar-refractivity contribution in [2.45, 2.75) is 26.2 Å². The van der Waals surface area contributed by atoms with Crippen molar-refractivity contribution in [1.82, 2.24) is 4.98 Å². The Hall–Kier alpha value is -2.45. The molecule has 0 unspecified atom stereocenters. The van der Waals surface area contributed by atoms with Gasteiger partial charge in [-0.3, -0.25) is 4.98 Å². The summed E-state index contributed by atoms with van der Waals surface area (Å²) >= 11 is 1.70. The van der Waals surface area contributed by atoms with Crippen LogP contribution >= 0.6 is 11.3 Å². The van der Waals surface area contributed by atoms with Crippen molar-refractivity contribution in [1.29, 1.82) is 0 Å². The lowest BCUT2D eigenvalue weighted by atomic mass is 9.79. The topological polar surface area (TPSA) is 12.9 Å². The lowest BCUT2D eigenvalue weighted by Crippen LogP contribution is -2.21. The van der Waals surface area contributed by atoms with Crippen LogP contribution in [0.25, 0.3) is 22.7 Å². The number of thiophene rings is 1. The zero-order valence-corrected chi connectivity index (χ0v) is 15.9. The highest BCUT2D eigenvalue weighted by molar-refractivity contribution is 7.16. The number of nitrogens with zero attached hydrogens (tertiary/aromatic N) is 1. The second kappa shape index (κ2) is 6.81. The van der Waals surface area contributed by atoms with Crippen LogP contribution in [0.1, 0.15) is 41.1 Å². The summed E-state index contributed by atoms with van der Waals surface area (Å²) in [6.45, 7) is 14.4. The van der Waals surface area contributed by atoms with Crippen molar-refractivity contribution in [3.05, 3.63) is 89.0 Å². The Balaban J connectivity index is 2.08. The lowest BCUT2D eigenvalue weighted by Gasteiger charge is -2.27. The molecule has 0 saturated carbocycles.